The van der Waals surface area contributed by atoms with Gasteiger partial charge >= 0.3 is 6.09 Å². The van der Waals surface area contributed by atoms with Crippen molar-refractivity contribution in [2.75, 3.05) is 13.1 Å². The fourth-order valence-electron chi connectivity index (χ4n) is 2.17. The molecule has 0 aliphatic carbocycles. The quantitative estimate of drug-likeness (QED) is 0.833. The molecule has 0 aliphatic heterocycles. The van der Waals surface area contributed by atoms with Gasteiger partial charge in [0.1, 0.15) is 6.61 Å². The van der Waals surface area contributed by atoms with E-state index in [0.717, 1.165) is 12.1 Å². The second-order valence-corrected chi connectivity index (χ2v) is 5.41. The van der Waals surface area contributed by atoms with E-state index in [1.165, 1.54) is 0 Å². The summed E-state index contributed by atoms with van der Waals surface area (Å²) in [6, 6.07) is 10.6. The summed E-state index contributed by atoms with van der Waals surface area (Å²) in [5, 5.41) is 2.79. The molecule has 0 spiro atoms. The number of carbonyl (C=O) groups is 1. The second-order valence-electron chi connectivity index (χ2n) is 5.41. The van der Waals surface area contributed by atoms with Crippen LogP contribution in [-0.4, -0.2) is 36.2 Å². The molecule has 1 aromatic rings. The molecular formula is C16H26N2O2. The first-order valence-electron chi connectivity index (χ1n) is 7.21. The van der Waals surface area contributed by atoms with Gasteiger partial charge in [-0.15, -0.1) is 0 Å². The lowest BCUT2D eigenvalue weighted by molar-refractivity contribution is 0.133. The maximum Gasteiger partial charge on any atom is 0.407 e. The third kappa shape index (κ3) is 6.06. The van der Waals surface area contributed by atoms with Crippen LogP contribution in [0.4, 0.5) is 4.79 Å². The minimum absolute atomic E-state index is 0.310. The Bertz CT molecular complexity index is 383. The highest BCUT2D eigenvalue weighted by atomic mass is 16.5. The van der Waals surface area contributed by atoms with Crippen molar-refractivity contribution in [2.24, 2.45) is 0 Å². The van der Waals surface area contributed by atoms with Crippen LogP contribution in [-0.2, 0) is 11.3 Å². The zero-order valence-corrected chi connectivity index (χ0v) is 12.9. The fourth-order valence-corrected chi connectivity index (χ4v) is 2.17. The first-order valence-corrected chi connectivity index (χ1v) is 7.21. The van der Waals surface area contributed by atoms with Crippen molar-refractivity contribution >= 4 is 6.09 Å². The third-order valence-electron chi connectivity index (χ3n) is 3.18. The number of hydrogen-bond donors (Lipinski definition) is 1. The van der Waals surface area contributed by atoms with E-state index in [0.29, 0.717) is 25.2 Å². The van der Waals surface area contributed by atoms with Gasteiger partial charge < -0.3 is 10.1 Å². The normalized spacial score (nSPS) is 11.2. The molecule has 4 heteroatoms. The van der Waals surface area contributed by atoms with Crippen molar-refractivity contribution in [3.05, 3.63) is 35.9 Å². The highest BCUT2D eigenvalue weighted by molar-refractivity contribution is 5.67. The SMILES string of the molecule is CC(C)N(CCNC(=O)OCc1ccccc1)C(C)C. The van der Waals surface area contributed by atoms with E-state index >= 15 is 0 Å². The van der Waals surface area contributed by atoms with Crippen molar-refractivity contribution < 1.29 is 9.53 Å². The largest absolute Gasteiger partial charge is 0.445 e. The number of benzene rings is 1. The van der Waals surface area contributed by atoms with Crippen LogP contribution < -0.4 is 5.32 Å². The predicted octanol–water partition coefficient (Wildman–Crippen LogP) is 3.03. The molecule has 1 rings (SSSR count). The Hall–Kier alpha value is -1.55. The molecule has 0 saturated heterocycles. The predicted molar refractivity (Wildman–Crippen MR) is 81.6 cm³/mol. The summed E-state index contributed by atoms with van der Waals surface area (Å²) in [7, 11) is 0. The Morgan fingerprint density at radius 3 is 2.30 bits per heavy atom. The standard InChI is InChI=1S/C16H26N2O2/c1-13(2)18(14(3)4)11-10-17-16(19)20-12-15-8-6-5-7-9-15/h5-9,13-14H,10-12H2,1-4H3,(H,17,19). The van der Waals surface area contributed by atoms with Crippen LogP contribution in [0, 0.1) is 0 Å². The summed E-state index contributed by atoms with van der Waals surface area (Å²) in [4.78, 5) is 13.9. The smallest absolute Gasteiger partial charge is 0.407 e. The van der Waals surface area contributed by atoms with E-state index in [2.05, 4.69) is 37.9 Å². The molecule has 0 unspecified atom stereocenters. The average Bonchev–Trinajstić information content (AvgIpc) is 2.41. The molecule has 0 aromatic heterocycles. The lowest BCUT2D eigenvalue weighted by Gasteiger charge is -2.30. The molecular weight excluding hydrogens is 252 g/mol. The van der Waals surface area contributed by atoms with Crippen LogP contribution in [0.15, 0.2) is 30.3 Å². The Morgan fingerprint density at radius 1 is 1.15 bits per heavy atom. The Morgan fingerprint density at radius 2 is 1.75 bits per heavy atom. The number of carbonyl (C=O) groups excluding carboxylic acids is 1. The van der Waals surface area contributed by atoms with E-state index in [1.807, 2.05) is 30.3 Å². The Balaban J connectivity index is 2.23. The highest BCUT2D eigenvalue weighted by Crippen LogP contribution is 2.03. The summed E-state index contributed by atoms with van der Waals surface area (Å²) < 4.78 is 5.16. The van der Waals surface area contributed by atoms with Crippen molar-refractivity contribution in [3.63, 3.8) is 0 Å². The van der Waals surface area contributed by atoms with Crippen LogP contribution in [0.5, 0.6) is 0 Å². The van der Waals surface area contributed by atoms with Gasteiger partial charge in [-0.2, -0.15) is 0 Å². The number of nitrogens with zero attached hydrogens (tertiary/aromatic N) is 1. The van der Waals surface area contributed by atoms with Crippen LogP contribution in [0.1, 0.15) is 33.3 Å². The lowest BCUT2D eigenvalue weighted by Crippen LogP contribution is -2.42. The van der Waals surface area contributed by atoms with Crippen molar-refractivity contribution in [1.29, 1.82) is 0 Å². The number of alkyl carbamates (subject to hydrolysis) is 1. The van der Waals surface area contributed by atoms with Gasteiger partial charge in [-0.3, -0.25) is 4.90 Å². The van der Waals surface area contributed by atoms with E-state index in [9.17, 15) is 4.79 Å². The number of rotatable bonds is 7. The maximum absolute atomic E-state index is 11.6. The van der Waals surface area contributed by atoms with Gasteiger partial charge in [0.05, 0.1) is 0 Å². The van der Waals surface area contributed by atoms with Gasteiger partial charge in [-0.1, -0.05) is 30.3 Å². The minimum atomic E-state index is -0.360. The maximum atomic E-state index is 11.6. The Labute approximate surface area is 122 Å². The Kier molecular flexibility index (Phi) is 7.09. The highest BCUT2D eigenvalue weighted by Gasteiger charge is 2.13. The summed E-state index contributed by atoms with van der Waals surface area (Å²) in [5.74, 6) is 0. The van der Waals surface area contributed by atoms with E-state index in [4.69, 9.17) is 4.74 Å². The molecule has 0 aliphatic rings. The molecule has 1 N–H and O–H groups in total. The van der Waals surface area contributed by atoms with E-state index in [1.54, 1.807) is 0 Å². The molecule has 0 atom stereocenters. The summed E-state index contributed by atoms with van der Waals surface area (Å²) in [6.07, 6.45) is -0.360. The molecule has 112 valence electrons. The van der Waals surface area contributed by atoms with Crippen molar-refractivity contribution in [2.45, 2.75) is 46.4 Å². The van der Waals surface area contributed by atoms with Gasteiger partial charge in [-0.05, 0) is 33.3 Å². The first-order chi connectivity index (χ1) is 9.50. The fraction of sp³-hybridized carbons (Fsp3) is 0.562. The van der Waals surface area contributed by atoms with Gasteiger partial charge in [0.25, 0.3) is 0 Å². The molecule has 20 heavy (non-hydrogen) atoms. The topological polar surface area (TPSA) is 41.6 Å². The molecule has 0 fully saturated rings. The van der Waals surface area contributed by atoms with Crippen LogP contribution >= 0.6 is 0 Å². The number of nitrogens with one attached hydrogen (secondary N) is 1. The lowest BCUT2D eigenvalue weighted by atomic mass is 10.2. The second kappa shape index (κ2) is 8.59. The number of hydrogen-bond acceptors (Lipinski definition) is 3. The monoisotopic (exact) mass is 278 g/mol. The summed E-state index contributed by atoms with van der Waals surface area (Å²) >= 11 is 0. The van der Waals surface area contributed by atoms with Crippen LogP contribution in [0.3, 0.4) is 0 Å². The summed E-state index contributed by atoms with van der Waals surface area (Å²) in [6.45, 7) is 10.4. The van der Waals surface area contributed by atoms with E-state index < -0.39 is 0 Å². The molecule has 0 saturated carbocycles. The van der Waals surface area contributed by atoms with Gasteiger partial charge in [-0.25, -0.2) is 4.79 Å². The number of ether oxygens (including phenoxy) is 1. The average molecular weight is 278 g/mol. The van der Waals surface area contributed by atoms with Crippen molar-refractivity contribution in [3.8, 4) is 0 Å². The minimum Gasteiger partial charge on any atom is -0.445 e. The molecule has 1 amide bonds. The van der Waals surface area contributed by atoms with E-state index in [-0.39, 0.29) is 6.09 Å². The molecule has 0 bridgehead atoms. The summed E-state index contributed by atoms with van der Waals surface area (Å²) in [5.41, 5.74) is 0.994. The van der Waals surface area contributed by atoms with Gasteiger partial charge in [0.2, 0.25) is 0 Å². The zero-order chi connectivity index (χ0) is 15.0. The van der Waals surface area contributed by atoms with Gasteiger partial charge in [0, 0.05) is 25.2 Å². The van der Waals surface area contributed by atoms with Crippen LogP contribution in [0.25, 0.3) is 0 Å². The number of amides is 1. The molecule has 0 radical (unpaired) electrons. The zero-order valence-electron chi connectivity index (χ0n) is 12.9. The van der Waals surface area contributed by atoms with Gasteiger partial charge in [0.15, 0.2) is 0 Å². The third-order valence-corrected chi connectivity index (χ3v) is 3.18. The first kappa shape index (κ1) is 16.5. The van der Waals surface area contributed by atoms with Crippen LogP contribution in [0.2, 0.25) is 0 Å². The van der Waals surface area contributed by atoms with Crippen molar-refractivity contribution in [1.82, 2.24) is 10.2 Å². The molecule has 1 aromatic carbocycles. The molecule has 0 heterocycles. The molecule has 4 nitrogen and oxygen atoms in total.